The monoisotopic (exact) mass is 579 g/mol. The van der Waals surface area contributed by atoms with Gasteiger partial charge >= 0.3 is 6.09 Å². The van der Waals surface area contributed by atoms with E-state index in [2.05, 4.69) is 43.0 Å². The summed E-state index contributed by atoms with van der Waals surface area (Å²) in [5.74, 6) is 2.22. The second-order valence-electron chi connectivity index (χ2n) is 11.9. The molecule has 222 valence electrons. The van der Waals surface area contributed by atoms with E-state index >= 15 is 0 Å². The molecule has 0 fully saturated rings. The van der Waals surface area contributed by atoms with Crippen LogP contribution in [-0.4, -0.2) is 46.2 Å². The number of thiol groups is 1. The molecule has 0 spiro atoms. The molecule has 3 unspecified atom stereocenters. The molecule has 2 aromatic carbocycles. The van der Waals surface area contributed by atoms with Crippen LogP contribution in [0, 0.1) is 32.1 Å². The number of aryl methyl sites for hydroxylation is 2. The summed E-state index contributed by atoms with van der Waals surface area (Å²) in [4.78, 5) is 42.7. The van der Waals surface area contributed by atoms with E-state index in [-0.39, 0.29) is 17.7 Å². The van der Waals surface area contributed by atoms with Crippen LogP contribution in [0.5, 0.6) is 0 Å². The van der Waals surface area contributed by atoms with Gasteiger partial charge in [-0.3, -0.25) is 9.59 Å². The lowest BCUT2D eigenvalue weighted by atomic mass is 9.96. The van der Waals surface area contributed by atoms with Crippen LogP contribution in [0.15, 0.2) is 42.5 Å². The molecule has 0 saturated carbocycles. The number of alkyl carbamates (subject to hydrolysis) is 1. The summed E-state index contributed by atoms with van der Waals surface area (Å²) < 4.78 is 5.41. The Morgan fingerprint density at radius 1 is 1.00 bits per heavy atom. The Morgan fingerprint density at radius 3 is 2.07 bits per heavy atom. The molecule has 0 radical (unpaired) electrons. The van der Waals surface area contributed by atoms with E-state index < -0.39 is 29.7 Å². The van der Waals surface area contributed by atoms with Gasteiger partial charge in [0.1, 0.15) is 17.7 Å². The Balaban J connectivity index is 2.63. The molecule has 7 nitrogen and oxygen atoms in total. The Bertz CT molecular complexity index is 1220. The zero-order chi connectivity index (χ0) is 30.9. The lowest BCUT2D eigenvalue weighted by Crippen LogP contribution is -2.55. The van der Waals surface area contributed by atoms with E-state index in [1.807, 2.05) is 39.0 Å². The number of hydrogen-bond donors (Lipinski definition) is 3. The van der Waals surface area contributed by atoms with Crippen molar-refractivity contribution in [3.8, 4) is 12.3 Å². The van der Waals surface area contributed by atoms with Crippen LogP contribution in [0.2, 0.25) is 0 Å². The fourth-order valence-electron chi connectivity index (χ4n) is 4.53. The van der Waals surface area contributed by atoms with Gasteiger partial charge in [0.05, 0.1) is 0 Å². The second-order valence-corrected chi connectivity index (χ2v) is 12.2. The number of ether oxygens (including phenoxy) is 1. The van der Waals surface area contributed by atoms with E-state index in [1.54, 1.807) is 49.9 Å². The Labute approximate surface area is 251 Å². The molecule has 0 heterocycles. The number of nitrogens with zero attached hydrogens (tertiary/aromatic N) is 1. The molecule has 0 aliphatic heterocycles. The number of nitrogens with one attached hydrogen (secondary N) is 2. The second kappa shape index (κ2) is 15.0. The minimum atomic E-state index is -1.02. The van der Waals surface area contributed by atoms with E-state index in [0.29, 0.717) is 29.2 Å². The molecule has 0 aliphatic rings. The van der Waals surface area contributed by atoms with Gasteiger partial charge in [-0.25, -0.2) is 4.79 Å². The zero-order valence-electron chi connectivity index (χ0n) is 25.6. The van der Waals surface area contributed by atoms with Gasteiger partial charge in [-0.2, -0.15) is 12.6 Å². The summed E-state index contributed by atoms with van der Waals surface area (Å²) in [5.41, 5.74) is 3.03. The SMILES string of the molecule is C#Cc1ccc(C(C(=O)Nc2c(C)cccc2C)N(C(=O)C(CS)NC(=O)OC(C)(C)C)C(C)CCC(C)C)cc1. The first kappa shape index (κ1) is 33.8. The summed E-state index contributed by atoms with van der Waals surface area (Å²) in [6.45, 7) is 15.3. The maximum atomic E-state index is 14.3. The van der Waals surface area contributed by atoms with Crippen molar-refractivity contribution in [3.63, 3.8) is 0 Å². The van der Waals surface area contributed by atoms with Crippen molar-refractivity contribution >= 4 is 36.2 Å². The summed E-state index contributed by atoms with van der Waals surface area (Å²) in [7, 11) is 0. The van der Waals surface area contributed by atoms with Gasteiger partial charge in [0.25, 0.3) is 5.91 Å². The molecule has 41 heavy (non-hydrogen) atoms. The number of rotatable bonds is 11. The predicted molar refractivity (Wildman–Crippen MR) is 169 cm³/mol. The lowest BCUT2D eigenvalue weighted by molar-refractivity contribution is -0.143. The van der Waals surface area contributed by atoms with Gasteiger partial charge in [0.15, 0.2) is 0 Å². The van der Waals surface area contributed by atoms with Crippen LogP contribution >= 0.6 is 12.6 Å². The van der Waals surface area contributed by atoms with Crippen molar-refractivity contribution in [1.29, 1.82) is 0 Å². The number of amides is 3. The molecule has 2 aromatic rings. The topological polar surface area (TPSA) is 87.7 Å². The maximum absolute atomic E-state index is 14.3. The first-order valence-electron chi connectivity index (χ1n) is 14.0. The highest BCUT2D eigenvalue weighted by Gasteiger charge is 2.38. The molecular weight excluding hydrogens is 534 g/mol. The molecule has 3 amide bonds. The summed E-state index contributed by atoms with van der Waals surface area (Å²) in [5, 5.41) is 5.75. The van der Waals surface area contributed by atoms with Crippen molar-refractivity contribution < 1.29 is 19.1 Å². The van der Waals surface area contributed by atoms with Crippen LogP contribution in [0.1, 0.15) is 82.7 Å². The van der Waals surface area contributed by atoms with Crippen LogP contribution < -0.4 is 10.6 Å². The van der Waals surface area contributed by atoms with Crippen molar-refractivity contribution in [2.75, 3.05) is 11.1 Å². The number of anilines is 1. The average molecular weight is 580 g/mol. The third-order valence-corrected chi connectivity index (χ3v) is 7.08. The third-order valence-electron chi connectivity index (χ3n) is 6.71. The number of carbonyl (C=O) groups excluding carboxylic acids is 3. The van der Waals surface area contributed by atoms with Gasteiger partial charge in [0, 0.05) is 23.0 Å². The van der Waals surface area contributed by atoms with Crippen LogP contribution in [0.3, 0.4) is 0 Å². The van der Waals surface area contributed by atoms with E-state index in [1.165, 1.54) is 0 Å². The standard InChI is InChI=1S/C33H45N3O4S/c1-10-25-16-18-26(19-17-25)29(30(37)35-28-22(4)12-11-13-23(28)5)36(24(6)15-14-21(2)3)31(38)27(20-41)34-32(39)40-33(7,8)9/h1,11-13,16-19,21,24,27,29,41H,14-15,20H2,2-9H3,(H,34,39)(H,35,37). The molecule has 2 rings (SSSR count). The average Bonchev–Trinajstić information content (AvgIpc) is 2.89. The number of para-hydroxylation sites is 1. The minimum Gasteiger partial charge on any atom is -0.444 e. The van der Waals surface area contributed by atoms with Gasteiger partial charge in [0.2, 0.25) is 5.91 Å². The highest BCUT2D eigenvalue weighted by molar-refractivity contribution is 7.80. The largest absolute Gasteiger partial charge is 0.444 e. The third kappa shape index (κ3) is 9.86. The number of carbonyl (C=O) groups is 3. The molecule has 2 N–H and O–H groups in total. The molecule has 3 atom stereocenters. The maximum Gasteiger partial charge on any atom is 0.408 e. The van der Waals surface area contributed by atoms with Crippen molar-refractivity contribution in [2.24, 2.45) is 5.92 Å². The summed E-state index contributed by atoms with van der Waals surface area (Å²) >= 11 is 4.39. The van der Waals surface area contributed by atoms with Crippen molar-refractivity contribution in [3.05, 3.63) is 64.7 Å². The fraction of sp³-hybridized carbons (Fsp3) is 0.485. The molecular formula is C33H45N3O4S. The van der Waals surface area contributed by atoms with E-state index in [9.17, 15) is 14.4 Å². The van der Waals surface area contributed by atoms with Crippen molar-refractivity contribution in [2.45, 2.75) is 92.0 Å². The molecule has 0 bridgehead atoms. The molecule has 0 saturated heterocycles. The smallest absolute Gasteiger partial charge is 0.408 e. The van der Waals surface area contributed by atoms with E-state index in [0.717, 1.165) is 17.5 Å². The van der Waals surface area contributed by atoms with Crippen LogP contribution in [0.25, 0.3) is 0 Å². The van der Waals surface area contributed by atoms with Gasteiger partial charge in [-0.05, 0) is 89.1 Å². The quantitative estimate of drug-likeness (QED) is 0.211. The Morgan fingerprint density at radius 2 is 1.59 bits per heavy atom. The highest BCUT2D eigenvalue weighted by atomic mass is 32.1. The first-order chi connectivity index (χ1) is 19.2. The first-order valence-corrected chi connectivity index (χ1v) is 14.7. The van der Waals surface area contributed by atoms with Crippen LogP contribution in [0.4, 0.5) is 10.5 Å². The molecule has 0 aromatic heterocycles. The minimum absolute atomic E-state index is 0.0206. The lowest BCUT2D eigenvalue weighted by Gasteiger charge is -2.38. The Kier molecular flexibility index (Phi) is 12.3. The predicted octanol–water partition coefficient (Wildman–Crippen LogP) is 6.44. The van der Waals surface area contributed by atoms with Gasteiger partial charge in [-0.15, -0.1) is 6.42 Å². The van der Waals surface area contributed by atoms with E-state index in [4.69, 9.17) is 11.2 Å². The molecule has 0 aliphatic carbocycles. The summed E-state index contributed by atoms with van der Waals surface area (Å²) in [6, 6.07) is 10.5. The summed E-state index contributed by atoms with van der Waals surface area (Å²) in [6.07, 6.45) is 6.36. The molecule has 8 heteroatoms. The number of benzene rings is 2. The number of terminal acetylenes is 1. The highest BCUT2D eigenvalue weighted by Crippen LogP contribution is 2.30. The normalized spacial score (nSPS) is 13.5. The van der Waals surface area contributed by atoms with Gasteiger partial charge < -0.3 is 20.3 Å². The fourth-order valence-corrected chi connectivity index (χ4v) is 4.78. The zero-order valence-corrected chi connectivity index (χ0v) is 26.5. The Hall–Kier alpha value is -3.44. The number of hydrogen-bond acceptors (Lipinski definition) is 5. The van der Waals surface area contributed by atoms with Crippen LogP contribution in [-0.2, 0) is 14.3 Å². The van der Waals surface area contributed by atoms with Crippen molar-refractivity contribution in [1.82, 2.24) is 10.2 Å². The van der Waals surface area contributed by atoms with Gasteiger partial charge in [-0.1, -0.05) is 50.1 Å².